The second-order valence-corrected chi connectivity index (χ2v) is 7.60. The smallest absolute Gasteiger partial charge is 0.289 e. The molecule has 0 aliphatic carbocycles. The number of nitro benzene ring substituents is 1. The third kappa shape index (κ3) is 3.81. The standard InChI is InChI=1S/C23H18ClN5O2/c1-15-9-18(16(2)28(15)19-7-8-20(24)23(11-19)29(30)31)10-17(12-25)13-27-14-26-21-5-3-4-6-22(21)27/h3-11,14H,13H2,1-2H3/b17-10-. The molecule has 8 heteroatoms. The number of halogens is 1. The van der Waals surface area contributed by atoms with Gasteiger partial charge in [-0.1, -0.05) is 23.7 Å². The fourth-order valence-corrected chi connectivity index (χ4v) is 3.92. The van der Waals surface area contributed by atoms with Crippen molar-refractivity contribution in [1.82, 2.24) is 14.1 Å². The van der Waals surface area contributed by atoms with Crippen LogP contribution in [0.1, 0.15) is 17.0 Å². The van der Waals surface area contributed by atoms with Crippen molar-refractivity contribution in [2.45, 2.75) is 20.4 Å². The fourth-order valence-electron chi connectivity index (χ4n) is 3.73. The van der Waals surface area contributed by atoms with Crippen LogP contribution in [-0.2, 0) is 6.54 Å². The van der Waals surface area contributed by atoms with E-state index in [2.05, 4.69) is 11.1 Å². The van der Waals surface area contributed by atoms with Crippen LogP contribution in [0.2, 0.25) is 5.02 Å². The van der Waals surface area contributed by atoms with E-state index in [9.17, 15) is 15.4 Å². The van der Waals surface area contributed by atoms with Crippen LogP contribution in [0.4, 0.5) is 5.69 Å². The predicted octanol–water partition coefficient (Wildman–Crippen LogP) is 5.61. The van der Waals surface area contributed by atoms with Crippen molar-refractivity contribution in [2.75, 3.05) is 0 Å². The van der Waals surface area contributed by atoms with Crippen molar-refractivity contribution < 1.29 is 4.92 Å². The first-order valence-electron chi connectivity index (χ1n) is 9.53. The molecule has 0 N–H and O–H groups in total. The Morgan fingerprint density at radius 1 is 1.26 bits per heavy atom. The Balaban J connectivity index is 1.72. The van der Waals surface area contributed by atoms with Crippen LogP contribution < -0.4 is 0 Å². The van der Waals surface area contributed by atoms with Gasteiger partial charge in [0.25, 0.3) is 5.69 Å². The number of hydrogen-bond donors (Lipinski definition) is 0. The van der Waals surface area contributed by atoms with Crippen molar-refractivity contribution in [3.05, 3.63) is 92.5 Å². The highest BCUT2D eigenvalue weighted by Gasteiger charge is 2.17. The minimum atomic E-state index is -0.496. The van der Waals surface area contributed by atoms with Crippen molar-refractivity contribution in [2.24, 2.45) is 0 Å². The number of nitriles is 1. The molecule has 0 amide bonds. The molecule has 0 saturated heterocycles. The summed E-state index contributed by atoms with van der Waals surface area (Å²) in [6.45, 7) is 4.23. The van der Waals surface area contributed by atoms with Gasteiger partial charge in [-0.3, -0.25) is 10.1 Å². The van der Waals surface area contributed by atoms with E-state index >= 15 is 0 Å². The second kappa shape index (κ2) is 8.09. The minimum Gasteiger partial charge on any atom is -0.325 e. The number of fused-ring (bicyclic) bond motifs is 1. The molecular formula is C23H18ClN5O2. The summed E-state index contributed by atoms with van der Waals surface area (Å²) in [6, 6.07) is 16.7. The van der Waals surface area contributed by atoms with E-state index in [4.69, 9.17) is 11.6 Å². The molecule has 154 valence electrons. The van der Waals surface area contributed by atoms with E-state index in [0.717, 1.165) is 28.0 Å². The summed E-state index contributed by atoms with van der Waals surface area (Å²) in [5.74, 6) is 0. The number of hydrogen-bond acceptors (Lipinski definition) is 4. The Hall–Kier alpha value is -3.89. The minimum absolute atomic E-state index is 0.0932. The normalized spacial score (nSPS) is 11.6. The lowest BCUT2D eigenvalue weighted by Gasteiger charge is -2.10. The molecule has 2 aromatic heterocycles. The molecule has 7 nitrogen and oxygen atoms in total. The highest BCUT2D eigenvalue weighted by Crippen LogP contribution is 2.30. The third-order valence-corrected chi connectivity index (χ3v) is 5.52. The first kappa shape index (κ1) is 20.4. The zero-order chi connectivity index (χ0) is 22.1. The lowest BCUT2D eigenvalue weighted by Crippen LogP contribution is -2.01. The van der Waals surface area contributed by atoms with Crippen molar-refractivity contribution in [1.29, 1.82) is 5.26 Å². The Bertz CT molecular complexity index is 1390. The van der Waals surface area contributed by atoms with E-state index in [1.807, 2.05) is 59.4 Å². The average molecular weight is 432 g/mol. The molecule has 0 unspecified atom stereocenters. The molecule has 31 heavy (non-hydrogen) atoms. The SMILES string of the molecule is Cc1cc(/C=C(/C#N)Cn2cnc3ccccc32)c(C)n1-c1ccc(Cl)c([N+](=O)[O-])c1. The number of para-hydroxylation sites is 2. The summed E-state index contributed by atoms with van der Waals surface area (Å²) >= 11 is 5.96. The second-order valence-electron chi connectivity index (χ2n) is 7.20. The summed E-state index contributed by atoms with van der Waals surface area (Å²) < 4.78 is 3.85. The lowest BCUT2D eigenvalue weighted by molar-refractivity contribution is -0.384. The monoisotopic (exact) mass is 431 g/mol. The maximum atomic E-state index is 11.3. The molecule has 0 aliphatic rings. The summed E-state index contributed by atoms with van der Waals surface area (Å²) in [7, 11) is 0. The number of allylic oxidation sites excluding steroid dienone is 1. The van der Waals surface area contributed by atoms with Crippen LogP contribution in [0, 0.1) is 35.3 Å². The van der Waals surface area contributed by atoms with Gasteiger partial charge in [0.05, 0.1) is 40.6 Å². The van der Waals surface area contributed by atoms with Gasteiger partial charge in [-0.05, 0) is 55.8 Å². The molecule has 0 atom stereocenters. The van der Waals surface area contributed by atoms with Gasteiger partial charge in [0.1, 0.15) is 5.02 Å². The summed E-state index contributed by atoms with van der Waals surface area (Å²) in [5.41, 5.74) is 5.55. The highest BCUT2D eigenvalue weighted by atomic mass is 35.5. The largest absolute Gasteiger partial charge is 0.325 e. The van der Waals surface area contributed by atoms with Crippen LogP contribution in [0.25, 0.3) is 22.8 Å². The maximum Gasteiger partial charge on any atom is 0.289 e. The Morgan fingerprint density at radius 3 is 2.77 bits per heavy atom. The predicted molar refractivity (Wildman–Crippen MR) is 120 cm³/mol. The van der Waals surface area contributed by atoms with Crippen LogP contribution in [0.15, 0.2) is 60.4 Å². The summed E-state index contributed by atoms with van der Waals surface area (Å²) in [4.78, 5) is 15.1. The molecular weight excluding hydrogens is 414 g/mol. The highest BCUT2D eigenvalue weighted by molar-refractivity contribution is 6.32. The number of aryl methyl sites for hydroxylation is 1. The molecule has 0 bridgehead atoms. The first-order valence-corrected chi connectivity index (χ1v) is 9.90. The van der Waals surface area contributed by atoms with Gasteiger partial charge in [-0.25, -0.2) is 4.98 Å². The van der Waals surface area contributed by atoms with Gasteiger partial charge in [0.15, 0.2) is 0 Å². The zero-order valence-electron chi connectivity index (χ0n) is 16.9. The Morgan fingerprint density at radius 2 is 2.03 bits per heavy atom. The molecule has 2 heterocycles. The van der Waals surface area contributed by atoms with Gasteiger partial charge in [-0.15, -0.1) is 0 Å². The average Bonchev–Trinajstić information content (AvgIpc) is 3.28. The Labute approximate surface area is 183 Å². The van der Waals surface area contributed by atoms with E-state index in [-0.39, 0.29) is 10.7 Å². The van der Waals surface area contributed by atoms with Gasteiger partial charge in [0.2, 0.25) is 0 Å². The fraction of sp³-hybridized carbons (Fsp3) is 0.130. The molecule has 0 fully saturated rings. The molecule has 4 aromatic rings. The quantitative estimate of drug-likeness (QED) is 0.233. The molecule has 0 aliphatic heterocycles. The number of aromatic nitrogens is 3. The van der Waals surface area contributed by atoms with Crippen molar-refractivity contribution in [3.8, 4) is 11.8 Å². The molecule has 0 saturated carbocycles. The first-order chi connectivity index (χ1) is 14.9. The topological polar surface area (TPSA) is 89.7 Å². The van der Waals surface area contributed by atoms with Gasteiger partial charge >= 0.3 is 0 Å². The van der Waals surface area contributed by atoms with Crippen LogP contribution >= 0.6 is 11.6 Å². The molecule has 4 rings (SSSR count). The van der Waals surface area contributed by atoms with Crippen LogP contribution in [0.5, 0.6) is 0 Å². The van der Waals surface area contributed by atoms with E-state index in [1.165, 1.54) is 12.1 Å². The molecule has 2 aromatic carbocycles. The van der Waals surface area contributed by atoms with Crippen LogP contribution in [0.3, 0.4) is 0 Å². The van der Waals surface area contributed by atoms with Gasteiger partial charge in [-0.2, -0.15) is 5.26 Å². The van der Waals surface area contributed by atoms with Crippen molar-refractivity contribution >= 4 is 34.4 Å². The Kier molecular flexibility index (Phi) is 5.32. The summed E-state index contributed by atoms with van der Waals surface area (Å²) in [6.07, 6.45) is 3.57. The zero-order valence-corrected chi connectivity index (χ0v) is 17.7. The van der Waals surface area contributed by atoms with Gasteiger partial charge in [0, 0.05) is 23.0 Å². The van der Waals surface area contributed by atoms with Crippen LogP contribution in [-0.4, -0.2) is 19.0 Å². The number of nitrogens with zero attached hydrogens (tertiary/aromatic N) is 5. The number of rotatable bonds is 5. The number of imidazole rings is 1. The summed E-state index contributed by atoms with van der Waals surface area (Å²) in [5, 5.41) is 21.1. The van der Waals surface area contributed by atoms with E-state index in [1.54, 1.807) is 12.4 Å². The number of nitro groups is 1. The lowest BCUT2D eigenvalue weighted by atomic mass is 10.1. The van der Waals surface area contributed by atoms with E-state index < -0.39 is 4.92 Å². The van der Waals surface area contributed by atoms with E-state index in [0.29, 0.717) is 17.8 Å². The maximum absolute atomic E-state index is 11.3. The molecule has 0 spiro atoms. The van der Waals surface area contributed by atoms with Crippen molar-refractivity contribution in [3.63, 3.8) is 0 Å². The third-order valence-electron chi connectivity index (χ3n) is 5.20. The number of benzene rings is 2. The molecule has 0 radical (unpaired) electrons. The van der Waals surface area contributed by atoms with Gasteiger partial charge < -0.3 is 9.13 Å².